The van der Waals surface area contributed by atoms with Crippen LogP contribution in [0.25, 0.3) is 0 Å². The van der Waals surface area contributed by atoms with E-state index in [4.69, 9.17) is 0 Å². The van der Waals surface area contributed by atoms with Gasteiger partial charge in [0.15, 0.2) is 4.34 Å². The highest BCUT2D eigenvalue weighted by atomic mass is 32.2. The van der Waals surface area contributed by atoms with Crippen LogP contribution >= 0.6 is 23.1 Å². The Bertz CT molecular complexity index is 328. The number of thioether (sulfide) groups is 1. The quantitative estimate of drug-likeness (QED) is 0.557. The molecule has 0 unspecified atom stereocenters. The van der Waals surface area contributed by atoms with Gasteiger partial charge in [-0.15, -0.1) is 10.2 Å². The third-order valence-electron chi connectivity index (χ3n) is 1.95. The third kappa shape index (κ3) is 4.94. The Hall–Kier alpha value is -0.620. The van der Waals surface area contributed by atoms with Crippen molar-refractivity contribution in [3.05, 3.63) is 5.01 Å². The number of ether oxygens (including phenoxy) is 1. The average molecular weight is 260 g/mol. The number of carbonyl (C=O) groups is 1. The van der Waals surface area contributed by atoms with Crippen LogP contribution in [0.3, 0.4) is 0 Å². The summed E-state index contributed by atoms with van der Waals surface area (Å²) < 4.78 is 5.50. The average Bonchev–Trinajstić information content (AvgIpc) is 2.74. The molecule has 0 N–H and O–H groups in total. The fourth-order valence-corrected chi connectivity index (χ4v) is 2.98. The van der Waals surface area contributed by atoms with E-state index in [2.05, 4.69) is 21.9 Å². The lowest BCUT2D eigenvalue weighted by atomic mass is 10.3. The second-order valence-corrected chi connectivity index (χ2v) is 5.64. The maximum absolute atomic E-state index is 10.9. The summed E-state index contributed by atoms with van der Waals surface area (Å²) >= 11 is 3.18. The minimum Gasteiger partial charge on any atom is -0.469 e. The molecule has 1 heterocycles. The van der Waals surface area contributed by atoms with Gasteiger partial charge in [-0.25, -0.2) is 0 Å². The Morgan fingerprint density at radius 3 is 3.00 bits per heavy atom. The molecule has 0 spiro atoms. The molecule has 1 rings (SSSR count). The number of hydrogen-bond acceptors (Lipinski definition) is 6. The Morgan fingerprint density at radius 1 is 1.50 bits per heavy atom. The molecule has 1 aromatic heterocycles. The summed E-state index contributed by atoms with van der Waals surface area (Å²) in [6, 6.07) is 0. The summed E-state index contributed by atoms with van der Waals surface area (Å²) in [5, 5.41) is 9.26. The second kappa shape index (κ2) is 7.62. The molecule has 0 amide bonds. The Kier molecular flexibility index (Phi) is 6.40. The van der Waals surface area contributed by atoms with Gasteiger partial charge in [0, 0.05) is 12.2 Å². The van der Waals surface area contributed by atoms with E-state index in [0.717, 1.165) is 22.2 Å². The first-order chi connectivity index (χ1) is 7.76. The van der Waals surface area contributed by atoms with Crippen LogP contribution < -0.4 is 0 Å². The number of aryl methyl sites for hydroxylation is 1. The van der Waals surface area contributed by atoms with Gasteiger partial charge in [0.1, 0.15) is 5.01 Å². The summed E-state index contributed by atoms with van der Waals surface area (Å²) in [4.78, 5) is 10.9. The lowest BCUT2D eigenvalue weighted by Crippen LogP contribution is -2.00. The van der Waals surface area contributed by atoms with E-state index in [9.17, 15) is 4.79 Å². The van der Waals surface area contributed by atoms with Crippen molar-refractivity contribution < 1.29 is 9.53 Å². The van der Waals surface area contributed by atoms with Crippen molar-refractivity contribution in [3.63, 3.8) is 0 Å². The number of rotatable bonds is 7. The van der Waals surface area contributed by atoms with Gasteiger partial charge in [0.25, 0.3) is 0 Å². The van der Waals surface area contributed by atoms with Crippen molar-refractivity contribution in [1.29, 1.82) is 0 Å². The summed E-state index contributed by atoms with van der Waals surface area (Å²) in [6.07, 6.45) is 3.75. The van der Waals surface area contributed by atoms with Crippen LogP contribution in [-0.4, -0.2) is 29.0 Å². The fraction of sp³-hybridized carbons (Fsp3) is 0.700. The Labute approximate surface area is 104 Å². The van der Waals surface area contributed by atoms with E-state index >= 15 is 0 Å². The van der Waals surface area contributed by atoms with E-state index < -0.39 is 0 Å². The topological polar surface area (TPSA) is 52.1 Å². The lowest BCUT2D eigenvalue weighted by molar-refractivity contribution is -0.140. The molecule has 0 aliphatic heterocycles. The van der Waals surface area contributed by atoms with Gasteiger partial charge in [0.2, 0.25) is 0 Å². The maximum atomic E-state index is 10.9. The van der Waals surface area contributed by atoms with Crippen LogP contribution in [0.1, 0.15) is 31.2 Å². The highest BCUT2D eigenvalue weighted by molar-refractivity contribution is 8.01. The van der Waals surface area contributed by atoms with Crippen molar-refractivity contribution in [3.8, 4) is 0 Å². The molecule has 0 atom stereocenters. The predicted molar refractivity (Wildman–Crippen MR) is 65.9 cm³/mol. The number of carbonyl (C=O) groups excluding carboxylic acids is 1. The van der Waals surface area contributed by atoms with Crippen LogP contribution in [0.4, 0.5) is 0 Å². The highest BCUT2D eigenvalue weighted by Gasteiger charge is 2.06. The molecule has 0 radical (unpaired) electrons. The van der Waals surface area contributed by atoms with Gasteiger partial charge in [0.05, 0.1) is 13.5 Å². The van der Waals surface area contributed by atoms with Gasteiger partial charge in [-0.2, -0.15) is 0 Å². The predicted octanol–water partition coefficient (Wildman–Crippen LogP) is 2.54. The molecule has 0 bridgehead atoms. The van der Waals surface area contributed by atoms with Crippen molar-refractivity contribution in [2.75, 3.05) is 12.9 Å². The van der Waals surface area contributed by atoms with Gasteiger partial charge < -0.3 is 4.74 Å². The third-order valence-corrected chi connectivity index (χ3v) is 4.07. The van der Waals surface area contributed by atoms with Gasteiger partial charge in [-0.05, 0) is 6.42 Å². The van der Waals surface area contributed by atoms with E-state index in [1.807, 2.05) is 0 Å². The summed E-state index contributed by atoms with van der Waals surface area (Å²) in [7, 11) is 1.40. The first-order valence-electron chi connectivity index (χ1n) is 5.28. The van der Waals surface area contributed by atoms with Crippen LogP contribution in [0.5, 0.6) is 0 Å². The molecule has 6 heteroatoms. The molecule has 0 aliphatic rings. The number of unbranched alkanes of at least 4 members (excludes halogenated alkanes) is 1. The van der Waals surface area contributed by atoms with Crippen LogP contribution in [0.15, 0.2) is 4.34 Å². The minimum absolute atomic E-state index is 0.178. The van der Waals surface area contributed by atoms with Gasteiger partial charge in [-0.1, -0.05) is 36.4 Å². The molecule has 90 valence electrons. The number of nitrogens with zero attached hydrogens (tertiary/aromatic N) is 2. The van der Waals surface area contributed by atoms with Crippen LogP contribution in [0, 0.1) is 0 Å². The van der Waals surface area contributed by atoms with Gasteiger partial charge >= 0.3 is 5.97 Å². The number of aromatic nitrogens is 2. The fourth-order valence-electron chi connectivity index (χ4n) is 1.05. The minimum atomic E-state index is -0.178. The van der Waals surface area contributed by atoms with Crippen molar-refractivity contribution >= 4 is 29.1 Å². The molecular weight excluding hydrogens is 244 g/mol. The molecule has 0 aromatic carbocycles. The largest absolute Gasteiger partial charge is 0.469 e. The molecule has 4 nitrogen and oxygen atoms in total. The zero-order valence-corrected chi connectivity index (χ0v) is 11.2. The van der Waals surface area contributed by atoms with Crippen LogP contribution in [0.2, 0.25) is 0 Å². The molecule has 0 saturated heterocycles. The zero-order valence-electron chi connectivity index (χ0n) is 9.56. The summed E-state index contributed by atoms with van der Waals surface area (Å²) in [5.41, 5.74) is 0. The van der Waals surface area contributed by atoms with E-state index in [0.29, 0.717) is 12.2 Å². The molecule has 0 saturated carbocycles. The van der Waals surface area contributed by atoms with Gasteiger partial charge in [-0.3, -0.25) is 4.79 Å². The lowest BCUT2D eigenvalue weighted by Gasteiger charge is -1.95. The Balaban J connectivity index is 2.26. The van der Waals surface area contributed by atoms with Crippen molar-refractivity contribution in [2.45, 2.75) is 36.9 Å². The smallest absolute Gasteiger partial charge is 0.306 e. The van der Waals surface area contributed by atoms with E-state index in [-0.39, 0.29) is 5.97 Å². The first-order valence-corrected chi connectivity index (χ1v) is 7.08. The zero-order chi connectivity index (χ0) is 11.8. The normalized spacial score (nSPS) is 10.4. The molecular formula is C10H16N2O2S2. The SMILES string of the molecule is CCCCc1nnc(SCCC(=O)OC)s1. The molecule has 1 aromatic rings. The van der Waals surface area contributed by atoms with E-state index in [1.165, 1.54) is 13.5 Å². The maximum Gasteiger partial charge on any atom is 0.306 e. The number of esters is 1. The van der Waals surface area contributed by atoms with Crippen molar-refractivity contribution in [1.82, 2.24) is 10.2 Å². The summed E-state index contributed by atoms with van der Waals surface area (Å²) in [6.45, 7) is 2.16. The molecule has 0 fully saturated rings. The first kappa shape index (κ1) is 13.4. The van der Waals surface area contributed by atoms with Crippen molar-refractivity contribution in [2.24, 2.45) is 0 Å². The highest BCUT2D eigenvalue weighted by Crippen LogP contribution is 2.23. The van der Waals surface area contributed by atoms with Crippen LogP contribution in [-0.2, 0) is 16.0 Å². The second-order valence-electron chi connectivity index (χ2n) is 3.24. The standard InChI is InChI=1S/C10H16N2O2S2/c1-3-4-5-8-11-12-10(16-8)15-7-6-9(13)14-2/h3-7H2,1-2H3. The monoisotopic (exact) mass is 260 g/mol. The summed E-state index contributed by atoms with van der Waals surface area (Å²) in [5.74, 6) is 0.526. The number of methoxy groups -OCH3 is 1. The number of hydrogen-bond donors (Lipinski definition) is 0. The Morgan fingerprint density at radius 2 is 2.31 bits per heavy atom. The molecule has 0 aliphatic carbocycles. The van der Waals surface area contributed by atoms with E-state index in [1.54, 1.807) is 23.1 Å². The molecule has 16 heavy (non-hydrogen) atoms.